The molecule has 25 heavy (non-hydrogen) atoms. The molecule has 4 rings (SSSR count). The first-order valence-corrected chi connectivity index (χ1v) is 8.46. The van der Waals surface area contributed by atoms with Crippen LogP contribution in [0.3, 0.4) is 0 Å². The van der Waals surface area contributed by atoms with Crippen molar-refractivity contribution < 1.29 is 9.66 Å². The number of nitro groups is 1. The van der Waals surface area contributed by atoms with Crippen molar-refractivity contribution in [2.24, 2.45) is 4.99 Å². The number of anilines is 1. The number of halogens is 1. The molecule has 7 heteroatoms. The van der Waals surface area contributed by atoms with Gasteiger partial charge >= 0.3 is 0 Å². The number of aliphatic imine (C=N–C) groups is 1. The van der Waals surface area contributed by atoms with Crippen LogP contribution in [0.15, 0.2) is 47.5 Å². The molecule has 0 bridgehead atoms. The molecule has 1 saturated heterocycles. The van der Waals surface area contributed by atoms with E-state index in [1.54, 1.807) is 18.2 Å². The van der Waals surface area contributed by atoms with E-state index in [1.807, 2.05) is 24.3 Å². The lowest BCUT2D eigenvalue weighted by Gasteiger charge is -2.35. The number of ether oxygens (including phenoxy) is 1. The van der Waals surface area contributed by atoms with Gasteiger partial charge in [-0.2, -0.15) is 0 Å². The minimum atomic E-state index is -0.332. The Hall–Kier alpha value is -2.44. The molecule has 0 aliphatic carbocycles. The first-order chi connectivity index (χ1) is 12.2. The summed E-state index contributed by atoms with van der Waals surface area (Å²) in [7, 11) is 0. The smallest absolute Gasteiger partial charge is 0.293 e. The molecule has 0 saturated carbocycles. The molecule has 6 nitrogen and oxygen atoms in total. The molecule has 1 unspecified atom stereocenters. The Kier molecular flexibility index (Phi) is 4.15. The van der Waals surface area contributed by atoms with E-state index in [0.29, 0.717) is 42.7 Å². The highest BCUT2D eigenvalue weighted by Crippen LogP contribution is 2.38. The van der Waals surface area contributed by atoms with Crippen LogP contribution >= 0.6 is 11.6 Å². The molecule has 0 aromatic heterocycles. The fourth-order valence-corrected chi connectivity index (χ4v) is 3.66. The molecule has 2 aromatic rings. The molecular weight excluding hydrogens is 342 g/mol. The summed E-state index contributed by atoms with van der Waals surface area (Å²) in [6.45, 7) is 2.16. The van der Waals surface area contributed by atoms with Gasteiger partial charge in [-0.05, 0) is 6.07 Å². The standard InChI is InChI=1S/C18H16ClN3O3/c19-15-6-2-1-4-13(15)17-14-5-3-7-16(22(23)24)18(14)21-8-9-25-11-12(21)10-20-17/h1-7,12H,8-11H2. The van der Waals surface area contributed by atoms with Crippen molar-refractivity contribution in [3.8, 4) is 0 Å². The van der Waals surface area contributed by atoms with Crippen molar-refractivity contribution >= 4 is 28.7 Å². The van der Waals surface area contributed by atoms with Gasteiger partial charge in [-0.3, -0.25) is 15.1 Å². The Balaban J connectivity index is 1.96. The Morgan fingerprint density at radius 2 is 2.00 bits per heavy atom. The van der Waals surface area contributed by atoms with Crippen LogP contribution in [0.4, 0.5) is 11.4 Å². The molecule has 2 aliphatic rings. The van der Waals surface area contributed by atoms with Gasteiger partial charge in [0.1, 0.15) is 5.69 Å². The molecular formula is C18H16ClN3O3. The fraction of sp³-hybridized carbons (Fsp3) is 0.278. The summed E-state index contributed by atoms with van der Waals surface area (Å²) in [6, 6.07) is 12.5. The summed E-state index contributed by atoms with van der Waals surface area (Å²) < 4.78 is 5.57. The van der Waals surface area contributed by atoms with Crippen molar-refractivity contribution in [1.82, 2.24) is 0 Å². The van der Waals surface area contributed by atoms with Gasteiger partial charge in [-0.1, -0.05) is 41.9 Å². The number of fused-ring (bicyclic) bond motifs is 3. The number of benzene rings is 2. The predicted octanol–water partition coefficient (Wildman–Crippen LogP) is 3.30. The highest BCUT2D eigenvalue weighted by atomic mass is 35.5. The molecule has 128 valence electrons. The number of rotatable bonds is 2. The van der Waals surface area contributed by atoms with E-state index in [4.69, 9.17) is 21.3 Å². The van der Waals surface area contributed by atoms with Crippen molar-refractivity contribution in [1.29, 1.82) is 0 Å². The van der Waals surface area contributed by atoms with Crippen molar-refractivity contribution in [2.45, 2.75) is 6.04 Å². The highest BCUT2D eigenvalue weighted by molar-refractivity contribution is 6.36. The number of nitro benzene ring substituents is 1. The van der Waals surface area contributed by atoms with Crippen LogP contribution in [-0.2, 0) is 4.74 Å². The van der Waals surface area contributed by atoms with E-state index in [1.165, 1.54) is 0 Å². The fourth-order valence-electron chi connectivity index (χ4n) is 3.44. The van der Waals surface area contributed by atoms with Gasteiger partial charge in [0.2, 0.25) is 0 Å². The van der Waals surface area contributed by atoms with Gasteiger partial charge < -0.3 is 9.64 Å². The summed E-state index contributed by atoms with van der Waals surface area (Å²) in [5.74, 6) is 0. The van der Waals surface area contributed by atoms with Gasteiger partial charge in [0, 0.05) is 28.8 Å². The number of hydrogen-bond donors (Lipinski definition) is 0. The first-order valence-electron chi connectivity index (χ1n) is 8.08. The van der Waals surface area contributed by atoms with E-state index < -0.39 is 0 Å². The number of para-hydroxylation sites is 1. The molecule has 2 heterocycles. The molecule has 2 aliphatic heterocycles. The molecule has 0 spiro atoms. The lowest BCUT2D eigenvalue weighted by molar-refractivity contribution is -0.384. The topological polar surface area (TPSA) is 68.0 Å². The minimum Gasteiger partial charge on any atom is -0.377 e. The summed E-state index contributed by atoms with van der Waals surface area (Å²) in [5.41, 5.74) is 2.92. The Morgan fingerprint density at radius 3 is 2.80 bits per heavy atom. The maximum atomic E-state index is 11.7. The quantitative estimate of drug-likeness (QED) is 0.611. The average Bonchev–Trinajstić information content (AvgIpc) is 2.79. The van der Waals surface area contributed by atoms with Gasteiger partial charge in [0.05, 0.1) is 36.4 Å². The Bertz CT molecular complexity index is 868. The van der Waals surface area contributed by atoms with Gasteiger partial charge in [0.25, 0.3) is 5.69 Å². The normalized spacial score (nSPS) is 19.5. The van der Waals surface area contributed by atoms with Gasteiger partial charge in [-0.25, -0.2) is 0 Å². The van der Waals surface area contributed by atoms with E-state index in [0.717, 1.165) is 11.1 Å². The number of hydrogen-bond acceptors (Lipinski definition) is 5. The van der Waals surface area contributed by atoms with Crippen LogP contribution in [0.25, 0.3) is 0 Å². The summed E-state index contributed by atoms with van der Waals surface area (Å²) in [5, 5.41) is 12.2. The zero-order valence-electron chi connectivity index (χ0n) is 13.4. The second-order valence-electron chi connectivity index (χ2n) is 6.02. The van der Waals surface area contributed by atoms with Gasteiger partial charge in [-0.15, -0.1) is 0 Å². The van der Waals surface area contributed by atoms with Crippen LogP contribution < -0.4 is 4.90 Å². The lowest BCUT2D eigenvalue weighted by atomic mass is 9.99. The lowest BCUT2D eigenvalue weighted by Crippen LogP contribution is -2.47. The molecule has 0 radical (unpaired) electrons. The maximum Gasteiger partial charge on any atom is 0.293 e. The summed E-state index contributed by atoms with van der Waals surface area (Å²) >= 11 is 6.38. The maximum absolute atomic E-state index is 11.7. The van der Waals surface area contributed by atoms with Crippen LogP contribution in [0.2, 0.25) is 5.02 Å². The Morgan fingerprint density at radius 1 is 1.20 bits per heavy atom. The minimum absolute atomic E-state index is 0.0198. The SMILES string of the molecule is O=[N+]([O-])c1cccc2c1N1CCOCC1CN=C2c1ccccc1Cl. The van der Waals surface area contributed by atoms with Crippen LogP contribution in [-0.4, -0.2) is 43.0 Å². The third-order valence-corrected chi connectivity index (χ3v) is 4.90. The van der Waals surface area contributed by atoms with E-state index in [-0.39, 0.29) is 16.7 Å². The molecule has 1 fully saturated rings. The first kappa shape index (κ1) is 16.1. The molecule has 0 amide bonds. The predicted molar refractivity (Wildman–Crippen MR) is 97.0 cm³/mol. The second kappa shape index (κ2) is 6.46. The largest absolute Gasteiger partial charge is 0.377 e. The monoisotopic (exact) mass is 357 g/mol. The summed E-state index contributed by atoms with van der Waals surface area (Å²) in [6.07, 6.45) is 0. The van der Waals surface area contributed by atoms with E-state index in [9.17, 15) is 10.1 Å². The average molecular weight is 358 g/mol. The van der Waals surface area contributed by atoms with Crippen molar-refractivity contribution in [2.75, 3.05) is 31.2 Å². The summed E-state index contributed by atoms with van der Waals surface area (Å²) in [4.78, 5) is 18.1. The third-order valence-electron chi connectivity index (χ3n) is 4.57. The molecule has 1 atom stereocenters. The zero-order valence-corrected chi connectivity index (χ0v) is 14.1. The van der Waals surface area contributed by atoms with Crippen LogP contribution in [0, 0.1) is 10.1 Å². The Labute approximate surface area is 149 Å². The van der Waals surface area contributed by atoms with Crippen molar-refractivity contribution in [3.05, 3.63) is 68.7 Å². The zero-order chi connectivity index (χ0) is 17.4. The molecule has 2 aromatic carbocycles. The highest BCUT2D eigenvalue weighted by Gasteiger charge is 2.34. The van der Waals surface area contributed by atoms with E-state index in [2.05, 4.69) is 4.90 Å². The molecule has 0 N–H and O–H groups in total. The van der Waals surface area contributed by atoms with E-state index >= 15 is 0 Å². The third kappa shape index (κ3) is 2.77. The second-order valence-corrected chi connectivity index (χ2v) is 6.43. The number of nitrogens with zero attached hydrogens (tertiary/aromatic N) is 3. The van der Waals surface area contributed by atoms with Crippen molar-refractivity contribution in [3.63, 3.8) is 0 Å². The van der Waals surface area contributed by atoms with Crippen LogP contribution in [0.1, 0.15) is 11.1 Å². The van der Waals surface area contributed by atoms with Gasteiger partial charge in [0.15, 0.2) is 0 Å². The van der Waals surface area contributed by atoms with Crippen LogP contribution in [0.5, 0.6) is 0 Å². The number of morpholine rings is 1.